The van der Waals surface area contributed by atoms with Gasteiger partial charge in [0, 0.05) is 6.20 Å². The normalized spacial score (nSPS) is 11.0. The van der Waals surface area contributed by atoms with Crippen LogP contribution in [0.1, 0.15) is 12.6 Å². The summed E-state index contributed by atoms with van der Waals surface area (Å²) in [5, 5.41) is 2.72. The molecule has 0 atom stereocenters. The number of nitrogens with zero attached hydrogens (tertiary/aromatic N) is 2. The first-order valence-corrected chi connectivity index (χ1v) is 10.9. The molecule has 7 nitrogen and oxygen atoms in total. The van der Waals surface area contributed by atoms with Crippen LogP contribution in [0.3, 0.4) is 0 Å². The van der Waals surface area contributed by atoms with Gasteiger partial charge in [0.2, 0.25) is 5.91 Å². The Bertz CT molecular complexity index is 1060. The number of ether oxygens (including phenoxy) is 1. The molecule has 0 spiro atoms. The van der Waals surface area contributed by atoms with Crippen molar-refractivity contribution in [2.24, 2.45) is 0 Å². The van der Waals surface area contributed by atoms with Gasteiger partial charge in [-0.25, -0.2) is 8.42 Å². The largest absolute Gasteiger partial charge is 0.494 e. The Balaban J connectivity index is 1.84. The van der Waals surface area contributed by atoms with E-state index in [1.54, 1.807) is 60.8 Å². The van der Waals surface area contributed by atoms with Gasteiger partial charge in [0.05, 0.1) is 29.4 Å². The summed E-state index contributed by atoms with van der Waals surface area (Å²) in [5.74, 6) is 0.187. The van der Waals surface area contributed by atoms with E-state index >= 15 is 0 Å². The molecule has 156 valence electrons. The third kappa shape index (κ3) is 5.36. The maximum Gasteiger partial charge on any atom is 0.264 e. The molecule has 0 aliphatic rings. The summed E-state index contributed by atoms with van der Waals surface area (Å²) in [6.45, 7) is 2.22. The van der Waals surface area contributed by atoms with E-state index in [1.807, 2.05) is 13.0 Å². The number of amides is 1. The second-order valence-corrected chi connectivity index (χ2v) is 8.21. The van der Waals surface area contributed by atoms with Gasteiger partial charge in [0.25, 0.3) is 10.0 Å². The van der Waals surface area contributed by atoms with Crippen molar-refractivity contribution in [1.82, 2.24) is 10.3 Å². The molecule has 30 heavy (non-hydrogen) atoms. The quantitative estimate of drug-likeness (QED) is 0.569. The lowest BCUT2D eigenvalue weighted by Crippen LogP contribution is -2.40. The van der Waals surface area contributed by atoms with Crippen LogP contribution in [0, 0.1) is 0 Å². The van der Waals surface area contributed by atoms with Gasteiger partial charge in [-0.1, -0.05) is 24.3 Å². The number of rotatable bonds is 9. The third-order valence-electron chi connectivity index (χ3n) is 4.25. The molecular weight excluding hydrogens is 402 g/mol. The molecule has 1 N–H and O–H groups in total. The molecular formula is C22H23N3O4S. The van der Waals surface area contributed by atoms with Gasteiger partial charge in [-0.15, -0.1) is 0 Å². The van der Waals surface area contributed by atoms with Crippen LogP contribution < -0.4 is 14.4 Å². The summed E-state index contributed by atoms with van der Waals surface area (Å²) in [6, 6.07) is 20.0. The molecule has 0 saturated carbocycles. The standard InChI is InChI=1S/C22H23N3O4S/c1-2-29-20-13-11-19(12-14-20)25(30(27,28)21-9-4-3-5-10-21)17-22(26)24-16-18-8-6-7-15-23-18/h3-15H,2,16-17H2,1H3,(H,24,26). The van der Waals surface area contributed by atoms with Crippen molar-refractivity contribution in [3.8, 4) is 5.75 Å². The highest BCUT2D eigenvalue weighted by Gasteiger charge is 2.27. The monoisotopic (exact) mass is 425 g/mol. The van der Waals surface area contributed by atoms with Crippen LogP contribution in [0.4, 0.5) is 5.69 Å². The van der Waals surface area contributed by atoms with Crippen molar-refractivity contribution in [2.45, 2.75) is 18.4 Å². The maximum atomic E-state index is 13.3. The smallest absolute Gasteiger partial charge is 0.264 e. The number of aromatic nitrogens is 1. The number of hydrogen-bond acceptors (Lipinski definition) is 5. The molecule has 2 aromatic carbocycles. The lowest BCUT2D eigenvalue weighted by Gasteiger charge is -2.24. The third-order valence-corrected chi connectivity index (χ3v) is 6.04. The zero-order valence-corrected chi connectivity index (χ0v) is 17.4. The number of sulfonamides is 1. The highest BCUT2D eigenvalue weighted by atomic mass is 32.2. The van der Waals surface area contributed by atoms with Crippen molar-refractivity contribution in [2.75, 3.05) is 17.5 Å². The number of carbonyl (C=O) groups is 1. The van der Waals surface area contributed by atoms with Gasteiger partial charge in [0.1, 0.15) is 12.3 Å². The zero-order valence-electron chi connectivity index (χ0n) is 16.6. The Morgan fingerprint density at radius 1 is 1.00 bits per heavy atom. The van der Waals surface area contributed by atoms with Crippen molar-refractivity contribution in [3.05, 3.63) is 84.7 Å². The van der Waals surface area contributed by atoms with Gasteiger partial charge < -0.3 is 10.1 Å². The Morgan fingerprint density at radius 3 is 2.33 bits per heavy atom. The van der Waals surface area contributed by atoms with Crippen LogP contribution in [0.5, 0.6) is 5.75 Å². The fourth-order valence-corrected chi connectivity index (χ4v) is 4.23. The second-order valence-electron chi connectivity index (χ2n) is 6.35. The number of nitrogens with one attached hydrogen (secondary N) is 1. The molecule has 0 bridgehead atoms. The van der Waals surface area contributed by atoms with Gasteiger partial charge in [-0.2, -0.15) is 0 Å². The molecule has 0 aliphatic heterocycles. The summed E-state index contributed by atoms with van der Waals surface area (Å²) >= 11 is 0. The Morgan fingerprint density at radius 2 is 1.70 bits per heavy atom. The van der Waals surface area contributed by atoms with Crippen LogP contribution in [0.25, 0.3) is 0 Å². The zero-order chi connectivity index (χ0) is 21.4. The summed E-state index contributed by atoms with van der Waals surface area (Å²) in [6.07, 6.45) is 1.63. The maximum absolute atomic E-state index is 13.3. The number of anilines is 1. The van der Waals surface area contributed by atoms with Crippen molar-refractivity contribution in [3.63, 3.8) is 0 Å². The molecule has 8 heteroatoms. The van der Waals surface area contributed by atoms with Gasteiger partial charge in [-0.3, -0.25) is 14.1 Å². The number of pyridine rings is 1. The average molecular weight is 426 g/mol. The number of benzene rings is 2. The summed E-state index contributed by atoms with van der Waals surface area (Å²) in [7, 11) is -3.94. The second kappa shape index (κ2) is 9.89. The molecule has 0 aliphatic carbocycles. The molecule has 1 heterocycles. The predicted octanol–water partition coefficient (Wildman–Crippen LogP) is 2.99. The van der Waals surface area contributed by atoms with E-state index in [4.69, 9.17) is 4.74 Å². The lowest BCUT2D eigenvalue weighted by atomic mass is 10.3. The van der Waals surface area contributed by atoms with Crippen LogP contribution >= 0.6 is 0 Å². The van der Waals surface area contributed by atoms with Crippen molar-refractivity contribution in [1.29, 1.82) is 0 Å². The first kappa shape index (κ1) is 21.3. The van der Waals surface area contributed by atoms with Crippen molar-refractivity contribution >= 4 is 21.6 Å². The molecule has 1 amide bonds. The van der Waals surface area contributed by atoms with E-state index in [-0.39, 0.29) is 18.0 Å². The van der Waals surface area contributed by atoms with Crippen molar-refractivity contribution < 1.29 is 17.9 Å². The van der Waals surface area contributed by atoms with E-state index < -0.39 is 15.9 Å². The minimum absolute atomic E-state index is 0.108. The molecule has 0 saturated heterocycles. The number of hydrogen-bond donors (Lipinski definition) is 1. The highest BCUT2D eigenvalue weighted by molar-refractivity contribution is 7.92. The average Bonchev–Trinajstić information content (AvgIpc) is 2.78. The number of carbonyl (C=O) groups excluding carboxylic acids is 1. The van der Waals surface area contributed by atoms with Crippen LogP contribution in [-0.2, 0) is 21.4 Å². The molecule has 0 unspecified atom stereocenters. The fourth-order valence-electron chi connectivity index (χ4n) is 2.79. The van der Waals surface area contributed by atoms with E-state index in [0.717, 1.165) is 4.31 Å². The first-order valence-electron chi connectivity index (χ1n) is 9.48. The van der Waals surface area contributed by atoms with E-state index in [2.05, 4.69) is 10.3 Å². The SMILES string of the molecule is CCOc1ccc(N(CC(=O)NCc2ccccn2)S(=O)(=O)c2ccccc2)cc1. The minimum Gasteiger partial charge on any atom is -0.494 e. The highest BCUT2D eigenvalue weighted by Crippen LogP contribution is 2.25. The Labute approximate surface area is 176 Å². The molecule has 3 rings (SSSR count). The first-order chi connectivity index (χ1) is 14.5. The van der Waals surface area contributed by atoms with E-state index in [1.165, 1.54) is 12.1 Å². The summed E-state index contributed by atoms with van der Waals surface area (Å²) in [5.41, 5.74) is 1.06. The molecule has 1 aromatic heterocycles. The van der Waals surface area contributed by atoms with Gasteiger partial charge in [0.15, 0.2) is 0 Å². The van der Waals surface area contributed by atoms with E-state index in [0.29, 0.717) is 23.7 Å². The summed E-state index contributed by atoms with van der Waals surface area (Å²) < 4.78 is 33.0. The summed E-state index contributed by atoms with van der Waals surface area (Å²) in [4.78, 5) is 16.8. The van der Waals surface area contributed by atoms with Crippen LogP contribution in [0.2, 0.25) is 0 Å². The molecule has 3 aromatic rings. The topological polar surface area (TPSA) is 88.6 Å². The van der Waals surface area contributed by atoms with Gasteiger partial charge in [-0.05, 0) is 55.5 Å². The lowest BCUT2D eigenvalue weighted by molar-refractivity contribution is -0.119. The van der Waals surface area contributed by atoms with Crippen LogP contribution in [0.15, 0.2) is 83.9 Å². The predicted molar refractivity (Wildman–Crippen MR) is 115 cm³/mol. The molecule has 0 fully saturated rings. The Kier molecular flexibility index (Phi) is 7.03. The van der Waals surface area contributed by atoms with Gasteiger partial charge >= 0.3 is 0 Å². The van der Waals surface area contributed by atoms with Crippen LogP contribution in [-0.4, -0.2) is 32.5 Å². The molecule has 0 radical (unpaired) electrons. The minimum atomic E-state index is -3.94. The van der Waals surface area contributed by atoms with E-state index in [9.17, 15) is 13.2 Å². The Hall–Kier alpha value is -3.39. The fraction of sp³-hybridized carbons (Fsp3) is 0.182.